The molecule has 70 valence electrons. The molecule has 0 saturated carbocycles. The highest BCUT2D eigenvalue weighted by atomic mass is 32.2. The Bertz CT molecular complexity index is 331. The Hall–Kier alpha value is -0.500. The van der Waals surface area contributed by atoms with Crippen molar-refractivity contribution >= 4 is 11.8 Å². The maximum absolute atomic E-state index is 14.0. The molecule has 1 aromatic carbocycles. The van der Waals surface area contributed by atoms with Gasteiger partial charge in [-0.25, -0.2) is 4.39 Å². The summed E-state index contributed by atoms with van der Waals surface area (Å²) < 4.78 is 14.0. The molecule has 1 aliphatic rings. The third-order valence-corrected chi connectivity index (χ3v) is 3.58. The Morgan fingerprint density at radius 1 is 1.46 bits per heavy atom. The monoisotopic (exact) mass is 196 g/mol. The van der Waals surface area contributed by atoms with E-state index in [2.05, 4.69) is 6.07 Å². The van der Waals surface area contributed by atoms with E-state index in [0.717, 1.165) is 16.2 Å². The van der Waals surface area contributed by atoms with Gasteiger partial charge in [0.15, 0.2) is 0 Å². The molecular weight excluding hydrogens is 183 g/mol. The number of alkyl halides is 1. The van der Waals surface area contributed by atoms with Gasteiger partial charge in [-0.05, 0) is 31.9 Å². The zero-order chi connectivity index (χ0) is 9.47. The van der Waals surface area contributed by atoms with Crippen LogP contribution < -0.4 is 0 Å². The van der Waals surface area contributed by atoms with Crippen LogP contribution in [0, 0.1) is 6.92 Å². The van der Waals surface area contributed by atoms with Crippen LogP contribution in [0.15, 0.2) is 23.1 Å². The number of aryl methyl sites for hydroxylation is 1. The molecule has 0 N–H and O–H groups in total. The first kappa shape index (κ1) is 9.07. The van der Waals surface area contributed by atoms with Gasteiger partial charge in [0, 0.05) is 16.2 Å². The smallest absolute Gasteiger partial charge is 0.135 e. The van der Waals surface area contributed by atoms with E-state index in [4.69, 9.17) is 0 Å². The van der Waals surface area contributed by atoms with E-state index < -0.39 is 5.67 Å². The highest BCUT2D eigenvalue weighted by molar-refractivity contribution is 7.99. The molecule has 1 heterocycles. The number of fused-ring (bicyclic) bond motifs is 1. The van der Waals surface area contributed by atoms with Gasteiger partial charge >= 0.3 is 0 Å². The number of hydrogen-bond acceptors (Lipinski definition) is 1. The molecule has 1 unspecified atom stereocenters. The van der Waals surface area contributed by atoms with Gasteiger partial charge in [-0.2, -0.15) is 0 Å². The van der Waals surface area contributed by atoms with Crippen LogP contribution in [0.3, 0.4) is 0 Å². The highest BCUT2D eigenvalue weighted by Gasteiger charge is 2.31. The van der Waals surface area contributed by atoms with Crippen LogP contribution >= 0.6 is 11.8 Å². The van der Waals surface area contributed by atoms with Gasteiger partial charge in [-0.1, -0.05) is 12.1 Å². The van der Waals surface area contributed by atoms with Crippen molar-refractivity contribution in [2.75, 3.05) is 5.75 Å². The van der Waals surface area contributed by atoms with Crippen LogP contribution in [0.5, 0.6) is 0 Å². The van der Waals surface area contributed by atoms with Crippen molar-refractivity contribution in [2.24, 2.45) is 0 Å². The zero-order valence-electron chi connectivity index (χ0n) is 7.93. The third-order valence-electron chi connectivity index (χ3n) is 2.53. The van der Waals surface area contributed by atoms with Crippen LogP contribution in [0.1, 0.15) is 24.5 Å². The Labute approximate surface area is 82.5 Å². The third kappa shape index (κ3) is 1.60. The van der Waals surface area contributed by atoms with Gasteiger partial charge in [-0.3, -0.25) is 0 Å². The molecule has 13 heavy (non-hydrogen) atoms. The summed E-state index contributed by atoms with van der Waals surface area (Å²) in [7, 11) is 0. The molecule has 2 rings (SSSR count). The van der Waals surface area contributed by atoms with E-state index in [-0.39, 0.29) is 0 Å². The fourth-order valence-corrected chi connectivity index (χ4v) is 3.08. The molecule has 0 bridgehead atoms. The van der Waals surface area contributed by atoms with Crippen molar-refractivity contribution in [1.82, 2.24) is 0 Å². The minimum atomic E-state index is -1.12. The van der Waals surface area contributed by atoms with E-state index in [1.54, 1.807) is 18.7 Å². The Morgan fingerprint density at radius 3 is 3.00 bits per heavy atom. The minimum Gasteiger partial charge on any atom is -0.239 e. The average molecular weight is 196 g/mol. The van der Waals surface area contributed by atoms with Gasteiger partial charge in [0.05, 0.1) is 0 Å². The fourth-order valence-electron chi connectivity index (χ4n) is 1.67. The van der Waals surface area contributed by atoms with Crippen LogP contribution in [0.25, 0.3) is 0 Å². The second kappa shape index (κ2) is 3.02. The summed E-state index contributed by atoms with van der Waals surface area (Å²) in [6.45, 7) is 3.73. The van der Waals surface area contributed by atoms with Gasteiger partial charge in [0.1, 0.15) is 5.67 Å². The topological polar surface area (TPSA) is 0 Å². The van der Waals surface area contributed by atoms with Crippen molar-refractivity contribution in [3.8, 4) is 0 Å². The van der Waals surface area contributed by atoms with E-state index >= 15 is 0 Å². The molecule has 0 aliphatic carbocycles. The summed E-state index contributed by atoms with van der Waals surface area (Å²) in [4.78, 5) is 1.12. The van der Waals surface area contributed by atoms with Crippen molar-refractivity contribution in [2.45, 2.75) is 30.8 Å². The van der Waals surface area contributed by atoms with E-state index in [9.17, 15) is 4.39 Å². The molecule has 0 amide bonds. The quantitative estimate of drug-likeness (QED) is 0.610. The molecule has 0 radical (unpaired) electrons. The molecule has 1 aliphatic heterocycles. The first-order valence-corrected chi connectivity index (χ1v) is 5.51. The van der Waals surface area contributed by atoms with Crippen LogP contribution in [-0.4, -0.2) is 5.75 Å². The fraction of sp³-hybridized carbons (Fsp3) is 0.455. The van der Waals surface area contributed by atoms with Gasteiger partial charge in [-0.15, -0.1) is 11.8 Å². The lowest BCUT2D eigenvalue weighted by molar-refractivity contribution is 0.180. The molecule has 1 aromatic rings. The number of hydrogen-bond donors (Lipinski definition) is 0. The molecule has 0 spiro atoms. The van der Waals surface area contributed by atoms with Crippen molar-refractivity contribution in [3.05, 3.63) is 29.3 Å². The zero-order valence-corrected chi connectivity index (χ0v) is 8.75. The maximum Gasteiger partial charge on any atom is 0.135 e. The normalized spacial score (nSPS) is 27.0. The minimum absolute atomic E-state index is 0.633. The molecule has 0 fully saturated rings. The van der Waals surface area contributed by atoms with Crippen LogP contribution in [-0.2, 0) is 5.67 Å². The molecule has 0 saturated heterocycles. The van der Waals surface area contributed by atoms with E-state index in [1.165, 1.54) is 5.56 Å². The Morgan fingerprint density at radius 2 is 2.23 bits per heavy atom. The van der Waals surface area contributed by atoms with E-state index in [0.29, 0.717) is 6.42 Å². The summed E-state index contributed by atoms with van der Waals surface area (Å²) in [6, 6.07) is 6.00. The molecular formula is C11H13FS. The lowest BCUT2D eigenvalue weighted by atomic mass is 9.94. The summed E-state index contributed by atoms with van der Waals surface area (Å²) in [6.07, 6.45) is 0.633. The largest absolute Gasteiger partial charge is 0.239 e. The second-order valence-corrected chi connectivity index (χ2v) is 4.93. The van der Waals surface area contributed by atoms with Crippen LogP contribution in [0.4, 0.5) is 4.39 Å². The first-order chi connectivity index (χ1) is 6.09. The lowest BCUT2D eigenvalue weighted by Gasteiger charge is -2.28. The number of halogens is 1. The molecule has 1 atom stereocenters. The predicted molar refractivity (Wildman–Crippen MR) is 55.0 cm³/mol. The van der Waals surface area contributed by atoms with Crippen molar-refractivity contribution in [3.63, 3.8) is 0 Å². The first-order valence-electron chi connectivity index (χ1n) is 4.52. The van der Waals surface area contributed by atoms with E-state index in [1.807, 2.05) is 19.1 Å². The van der Waals surface area contributed by atoms with Crippen LogP contribution in [0.2, 0.25) is 0 Å². The molecule has 0 nitrogen and oxygen atoms in total. The predicted octanol–water partition coefficient (Wildman–Crippen LogP) is 3.68. The molecule has 2 heteroatoms. The van der Waals surface area contributed by atoms with Gasteiger partial charge in [0.2, 0.25) is 0 Å². The number of rotatable bonds is 0. The average Bonchev–Trinajstić information content (AvgIpc) is 2.02. The van der Waals surface area contributed by atoms with Crippen molar-refractivity contribution in [1.29, 1.82) is 0 Å². The summed E-state index contributed by atoms with van der Waals surface area (Å²) in [5.41, 5.74) is 0.965. The highest BCUT2D eigenvalue weighted by Crippen LogP contribution is 2.42. The lowest BCUT2D eigenvalue weighted by Crippen LogP contribution is -2.20. The number of benzene rings is 1. The van der Waals surface area contributed by atoms with Crippen molar-refractivity contribution < 1.29 is 4.39 Å². The SMILES string of the molecule is Cc1ccc2c(c1)SCCC2(C)F. The summed E-state index contributed by atoms with van der Waals surface area (Å²) >= 11 is 1.77. The Kier molecular flexibility index (Phi) is 2.11. The Balaban J connectivity index is 2.53. The maximum atomic E-state index is 14.0. The second-order valence-electron chi connectivity index (χ2n) is 3.80. The molecule has 0 aromatic heterocycles. The summed E-state index contributed by atoms with van der Waals surface area (Å²) in [5, 5.41) is 0. The standard InChI is InChI=1S/C11H13FS/c1-8-3-4-9-10(7-8)13-6-5-11(9,2)12/h3-4,7H,5-6H2,1-2H3. The van der Waals surface area contributed by atoms with Gasteiger partial charge < -0.3 is 0 Å². The number of thioether (sulfide) groups is 1. The van der Waals surface area contributed by atoms with Gasteiger partial charge in [0.25, 0.3) is 0 Å². The summed E-state index contributed by atoms with van der Waals surface area (Å²) in [5.74, 6) is 0.892.